The largest absolute Gasteiger partial charge is 0.342 e. The maximum Gasteiger partial charge on any atom is 0.235 e. The van der Waals surface area contributed by atoms with Gasteiger partial charge in [0, 0.05) is 29.4 Å². The molecule has 0 unspecified atom stereocenters. The molecule has 0 radical (unpaired) electrons. The lowest BCUT2D eigenvalue weighted by Gasteiger charge is -2.32. The van der Waals surface area contributed by atoms with E-state index in [1.54, 1.807) is 0 Å². The normalized spacial score (nSPS) is 16.3. The minimum atomic E-state index is -0.173. The van der Waals surface area contributed by atoms with Gasteiger partial charge in [0.25, 0.3) is 0 Å². The number of fused-ring (bicyclic) bond motifs is 1. The Morgan fingerprint density at radius 1 is 1.00 bits per heavy atom. The number of carbonyl (C=O) groups is 1. The number of hydrogen-bond donors (Lipinski definition) is 0. The van der Waals surface area contributed by atoms with E-state index in [-0.39, 0.29) is 11.2 Å². The second-order valence-corrected chi connectivity index (χ2v) is 8.86. The van der Waals surface area contributed by atoms with Gasteiger partial charge in [-0.2, -0.15) is 0 Å². The fourth-order valence-electron chi connectivity index (χ4n) is 3.68. The van der Waals surface area contributed by atoms with Crippen LogP contribution in [0.1, 0.15) is 26.7 Å². The number of amides is 1. The number of benzene rings is 2. The van der Waals surface area contributed by atoms with Crippen molar-refractivity contribution in [1.29, 1.82) is 0 Å². The van der Waals surface area contributed by atoms with Crippen LogP contribution in [-0.4, -0.2) is 39.3 Å². The monoisotopic (exact) mass is 391 g/mol. The van der Waals surface area contributed by atoms with Crippen LogP contribution in [0.2, 0.25) is 0 Å². The summed E-state index contributed by atoms with van der Waals surface area (Å²) >= 11 is 1.51. The number of likely N-dealkylation sites (tertiary alicyclic amines) is 1. The fourth-order valence-corrected chi connectivity index (χ4v) is 4.66. The molecule has 0 saturated carbocycles. The van der Waals surface area contributed by atoms with Crippen molar-refractivity contribution in [3.63, 3.8) is 0 Å². The molecule has 1 aliphatic heterocycles. The second kappa shape index (κ2) is 8.31. The van der Waals surface area contributed by atoms with Gasteiger partial charge in [-0.25, -0.2) is 0 Å². The minimum Gasteiger partial charge on any atom is -0.342 e. The summed E-state index contributed by atoms with van der Waals surface area (Å²) in [5.41, 5.74) is 1.93. The van der Waals surface area contributed by atoms with Crippen molar-refractivity contribution in [2.75, 3.05) is 13.1 Å². The molecule has 0 bridgehead atoms. The highest BCUT2D eigenvalue weighted by atomic mass is 32.2. The summed E-state index contributed by atoms with van der Waals surface area (Å²) in [6.07, 6.45) is 2.19. The molecule has 0 aliphatic carbocycles. The first-order chi connectivity index (χ1) is 13.6. The second-order valence-electron chi connectivity index (χ2n) is 7.53. The number of rotatable bonds is 4. The third kappa shape index (κ3) is 3.90. The lowest BCUT2D eigenvalue weighted by atomic mass is 9.99. The van der Waals surface area contributed by atoms with E-state index >= 15 is 0 Å². The van der Waals surface area contributed by atoms with Crippen molar-refractivity contribution in [1.82, 2.24) is 15.1 Å². The van der Waals surface area contributed by atoms with Crippen molar-refractivity contribution in [2.45, 2.75) is 37.0 Å². The van der Waals surface area contributed by atoms with E-state index in [0.29, 0.717) is 5.92 Å². The Morgan fingerprint density at radius 2 is 1.64 bits per heavy atom. The quantitative estimate of drug-likeness (QED) is 0.585. The van der Waals surface area contributed by atoms with Gasteiger partial charge in [0.1, 0.15) is 10.7 Å². The van der Waals surface area contributed by atoms with Crippen LogP contribution in [0.15, 0.2) is 59.6 Å². The van der Waals surface area contributed by atoms with Gasteiger partial charge in [0.05, 0.1) is 5.25 Å². The Kier molecular flexibility index (Phi) is 5.62. The molecule has 2 aromatic carbocycles. The van der Waals surface area contributed by atoms with Crippen molar-refractivity contribution >= 4 is 28.4 Å². The molecule has 28 heavy (non-hydrogen) atoms. The van der Waals surface area contributed by atoms with E-state index in [9.17, 15) is 4.79 Å². The Hall–Kier alpha value is -2.40. The average molecular weight is 392 g/mol. The van der Waals surface area contributed by atoms with Crippen LogP contribution in [0.4, 0.5) is 0 Å². The molecule has 4 rings (SSSR count). The zero-order chi connectivity index (χ0) is 19.5. The van der Waals surface area contributed by atoms with E-state index in [2.05, 4.69) is 29.3 Å². The van der Waals surface area contributed by atoms with Crippen LogP contribution < -0.4 is 0 Å². The zero-order valence-electron chi connectivity index (χ0n) is 16.3. The molecule has 0 N–H and O–H groups in total. The summed E-state index contributed by atoms with van der Waals surface area (Å²) in [5.74, 6) is 0.919. The smallest absolute Gasteiger partial charge is 0.235 e. The molecule has 1 atom stereocenters. The fraction of sp³-hybridized carbons (Fsp3) is 0.348. The topological polar surface area (TPSA) is 46.1 Å². The first-order valence-electron chi connectivity index (χ1n) is 9.90. The summed E-state index contributed by atoms with van der Waals surface area (Å²) in [4.78, 5) is 14.9. The molecular formula is C23H25N3OS. The predicted molar refractivity (Wildman–Crippen MR) is 115 cm³/mol. The summed E-state index contributed by atoms with van der Waals surface area (Å²) < 4.78 is 0. The number of aromatic nitrogens is 2. The summed E-state index contributed by atoms with van der Waals surface area (Å²) in [6, 6.07) is 18.3. The van der Waals surface area contributed by atoms with Crippen LogP contribution in [0.5, 0.6) is 0 Å². The molecule has 0 spiro atoms. The van der Waals surface area contributed by atoms with Gasteiger partial charge in [-0.3, -0.25) is 4.79 Å². The Labute approximate surface area is 170 Å². The van der Waals surface area contributed by atoms with Crippen LogP contribution in [0.3, 0.4) is 0 Å². The molecule has 4 nitrogen and oxygen atoms in total. The minimum absolute atomic E-state index is 0.173. The third-order valence-corrected chi connectivity index (χ3v) is 6.51. The van der Waals surface area contributed by atoms with Crippen molar-refractivity contribution < 1.29 is 4.79 Å². The average Bonchev–Trinajstić information content (AvgIpc) is 2.74. The van der Waals surface area contributed by atoms with Gasteiger partial charge >= 0.3 is 0 Å². The molecule has 1 aliphatic rings. The van der Waals surface area contributed by atoms with E-state index < -0.39 is 0 Å². The van der Waals surface area contributed by atoms with Gasteiger partial charge < -0.3 is 4.90 Å². The molecule has 3 aromatic rings. The van der Waals surface area contributed by atoms with Crippen LogP contribution in [0.25, 0.3) is 22.0 Å². The molecule has 144 valence electrons. The summed E-state index contributed by atoms with van der Waals surface area (Å²) in [5, 5.41) is 11.8. The SMILES string of the molecule is CC1CCN(C(=O)[C@@H](C)Sc2nnc(-c3ccccc3)c3ccccc23)CC1. The lowest BCUT2D eigenvalue weighted by Crippen LogP contribution is -2.41. The number of thioether (sulfide) groups is 1. The van der Waals surface area contributed by atoms with E-state index in [1.165, 1.54) is 11.8 Å². The Bertz CT molecular complexity index is 968. The van der Waals surface area contributed by atoms with Crippen LogP contribution in [-0.2, 0) is 4.79 Å². The third-order valence-electron chi connectivity index (χ3n) is 5.43. The first kappa shape index (κ1) is 18.9. The lowest BCUT2D eigenvalue weighted by molar-refractivity contribution is -0.131. The van der Waals surface area contributed by atoms with Gasteiger partial charge in [0.15, 0.2) is 0 Å². The molecule has 2 heterocycles. The van der Waals surface area contributed by atoms with Crippen molar-refractivity contribution in [2.24, 2.45) is 5.92 Å². The Balaban J connectivity index is 1.60. The standard InChI is InChI=1S/C23H25N3OS/c1-16-12-14-26(15-13-16)23(27)17(2)28-22-20-11-7-6-10-19(20)21(24-25-22)18-8-4-3-5-9-18/h3-11,16-17H,12-15H2,1-2H3/t17-/m1/s1. The molecule has 1 aromatic heterocycles. The Morgan fingerprint density at radius 3 is 2.36 bits per heavy atom. The van der Waals surface area contributed by atoms with Crippen molar-refractivity contribution in [3.05, 3.63) is 54.6 Å². The molecule has 1 saturated heterocycles. The number of carbonyl (C=O) groups excluding carboxylic acids is 1. The van der Waals surface area contributed by atoms with Crippen LogP contribution in [0, 0.1) is 5.92 Å². The molecule has 1 fully saturated rings. The highest BCUT2D eigenvalue weighted by Crippen LogP contribution is 2.34. The number of hydrogen-bond acceptors (Lipinski definition) is 4. The van der Waals surface area contributed by atoms with Gasteiger partial charge in [-0.15, -0.1) is 10.2 Å². The van der Waals surface area contributed by atoms with Crippen LogP contribution >= 0.6 is 11.8 Å². The van der Waals surface area contributed by atoms with Gasteiger partial charge in [0.2, 0.25) is 5.91 Å². The predicted octanol–water partition coefficient (Wildman–Crippen LogP) is 5.04. The summed E-state index contributed by atoms with van der Waals surface area (Å²) in [7, 11) is 0. The van der Waals surface area contributed by atoms with E-state index in [1.807, 2.05) is 54.3 Å². The molecule has 5 heteroatoms. The van der Waals surface area contributed by atoms with E-state index in [4.69, 9.17) is 0 Å². The molecular weight excluding hydrogens is 366 g/mol. The molecule has 1 amide bonds. The maximum absolute atomic E-state index is 12.9. The van der Waals surface area contributed by atoms with Gasteiger partial charge in [-0.05, 0) is 25.7 Å². The number of piperidine rings is 1. The van der Waals surface area contributed by atoms with Gasteiger partial charge in [-0.1, -0.05) is 73.3 Å². The summed E-state index contributed by atoms with van der Waals surface area (Å²) in [6.45, 7) is 5.97. The highest BCUT2D eigenvalue weighted by Gasteiger charge is 2.26. The number of nitrogens with zero attached hydrogens (tertiary/aromatic N) is 3. The van der Waals surface area contributed by atoms with Crippen molar-refractivity contribution in [3.8, 4) is 11.3 Å². The first-order valence-corrected chi connectivity index (χ1v) is 10.8. The highest BCUT2D eigenvalue weighted by molar-refractivity contribution is 8.00. The maximum atomic E-state index is 12.9. The zero-order valence-corrected chi connectivity index (χ0v) is 17.2. The van der Waals surface area contributed by atoms with E-state index in [0.717, 1.165) is 53.0 Å².